The van der Waals surface area contributed by atoms with E-state index in [0.29, 0.717) is 13.0 Å². The second kappa shape index (κ2) is 6.70. The van der Waals surface area contributed by atoms with E-state index in [0.717, 1.165) is 23.1 Å². The number of para-hydroxylation sites is 1. The van der Waals surface area contributed by atoms with Crippen LogP contribution in [0.1, 0.15) is 30.0 Å². The maximum atomic E-state index is 13.2. The number of likely N-dealkylation sites (tertiary alicyclic amines) is 1. The first-order chi connectivity index (χ1) is 13.3. The molecule has 0 saturated carbocycles. The van der Waals surface area contributed by atoms with Crippen molar-refractivity contribution in [2.24, 2.45) is 0 Å². The molecule has 2 aliphatic rings. The number of fused-ring (bicyclic) bond motifs is 2. The molecule has 0 aliphatic carbocycles. The lowest BCUT2D eigenvalue weighted by Gasteiger charge is -2.34. The van der Waals surface area contributed by atoms with Gasteiger partial charge in [-0.15, -0.1) is 0 Å². The van der Waals surface area contributed by atoms with Crippen LogP contribution in [0.3, 0.4) is 0 Å². The minimum absolute atomic E-state index is 0.102. The molecule has 1 aromatic heterocycles. The van der Waals surface area contributed by atoms with Crippen molar-refractivity contribution >= 4 is 27.3 Å². The molecule has 1 saturated heterocycles. The topological polar surface area (TPSA) is 96.4 Å². The zero-order valence-corrected chi connectivity index (χ0v) is 16.3. The number of sulfone groups is 1. The van der Waals surface area contributed by atoms with Crippen molar-refractivity contribution in [3.05, 3.63) is 59.9 Å². The fourth-order valence-electron chi connectivity index (χ4n) is 4.37. The summed E-state index contributed by atoms with van der Waals surface area (Å²) in [5.41, 5.74) is 1.49. The number of aromatic nitrogens is 1. The Bertz CT molecular complexity index is 1040. The average Bonchev–Trinajstić information content (AvgIpc) is 3.20. The molecule has 1 fully saturated rings. The van der Waals surface area contributed by atoms with Crippen molar-refractivity contribution in [3.8, 4) is 0 Å². The lowest BCUT2D eigenvalue weighted by atomic mass is 9.73. The highest BCUT2D eigenvalue weighted by Gasteiger charge is 2.59. The van der Waals surface area contributed by atoms with Gasteiger partial charge in [-0.3, -0.25) is 14.6 Å². The fraction of sp³-hybridized carbons (Fsp3) is 0.350. The first-order valence-corrected chi connectivity index (χ1v) is 11.2. The van der Waals surface area contributed by atoms with E-state index < -0.39 is 21.3 Å². The molecule has 1 spiro atoms. The van der Waals surface area contributed by atoms with Crippen LogP contribution in [0.2, 0.25) is 0 Å². The van der Waals surface area contributed by atoms with Crippen LogP contribution in [0.4, 0.5) is 5.69 Å². The maximum absolute atomic E-state index is 13.2. The van der Waals surface area contributed by atoms with Gasteiger partial charge in [0.1, 0.15) is 15.3 Å². The van der Waals surface area contributed by atoms with Crippen LogP contribution in [-0.4, -0.2) is 48.7 Å². The number of benzene rings is 1. The monoisotopic (exact) mass is 399 g/mol. The van der Waals surface area contributed by atoms with Crippen molar-refractivity contribution in [1.82, 2.24) is 9.88 Å². The molecule has 2 unspecified atom stereocenters. The molecule has 3 heterocycles. The number of hydrogen-bond donors (Lipinski definition) is 1. The summed E-state index contributed by atoms with van der Waals surface area (Å²) in [7, 11) is -3.26. The van der Waals surface area contributed by atoms with Crippen molar-refractivity contribution in [2.75, 3.05) is 23.9 Å². The van der Waals surface area contributed by atoms with Gasteiger partial charge in [0.15, 0.2) is 0 Å². The number of nitrogens with zero attached hydrogens (tertiary/aromatic N) is 2. The quantitative estimate of drug-likeness (QED) is 0.844. The lowest BCUT2D eigenvalue weighted by molar-refractivity contribution is -0.133. The molecule has 1 aromatic carbocycles. The van der Waals surface area contributed by atoms with Crippen LogP contribution >= 0.6 is 0 Å². The Kier molecular flexibility index (Phi) is 4.45. The van der Waals surface area contributed by atoms with Crippen LogP contribution in [0.15, 0.2) is 48.8 Å². The van der Waals surface area contributed by atoms with E-state index in [-0.39, 0.29) is 24.0 Å². The Morgan fingerprint density at radius 1 is 1.29 bits per heavy atom. The number of rotatable bonds is 4. The standard InChI is InChI=1S/C20H21N3O4S/c1-28(26,27)12-8-17(24)23-11-9-20(18(23)14-5-4-10-21-13-14)15-6-2-3-7-16(15)22-19(20)25/h2-7,10,13,18H,8-9,11-12H2,1H3,(H,22,25). The van der Waals surface area contributed by atoms with Gasteiger partial charge in [-0.05, 0) is 29.7 Å². The third-order valence-corrected chi connectivity index (χ3v) is 6.54. The van der Waals surface area contributed by atoms with E-state index in [4.69, 9.17) is 0 Å². The summed E-state index contributed by atoms with van der Waals surface area (Å²) >= 11 is 0. The van der Waals surface area contributed by atoms with Crippen LogP contribution < -0.4 is 5.32 Å². The predicted molar refractivity (Wildman–Crippen MR) is 104 cm³/mol. The van der Waals surface area contributed by atoms with Crippen molar-refractivity contribution in [3.63, 3.8) is 0 Å². The first kappa shape index (κ1) is 18.6. The Hall–Kier alpha value is -2.74. The summed E-state index contributed by atoms with van der Waals surface area (Å²) in [6, 6.07) is 10.6. The molecule has 8 heteroatoms. The van der Waals surface area contributed by atoms with Gasteiger partial charge in [-0.1, -0.05) is 24.3 Å². The zero-order chi connectivity index (χ0) is 19.9. The van der Waals surface area contributed by atoms with E-state index in [1.807, 2.05) is 30.3 Å². The van der Waals surface area contributed by atoms with Gasteiger partial charge >= 0.3 is 0 Å². The maximum Gasteiger partial charge on any atom is 0.237 e. The number of carbonyl (C=O) groups is 2. The third-order valence-electron chi connectivity index (χ3n) is 5.59. The number of pyridine rings is 1. The van der Waals surface area contributed by atoms with Crippen molar-refractivity contribution < 1.29 is 18.0 Å². The number of nitrogens with one attached hydrogen (secondary N) is 1. The Labute approximate surface area is 163 Å². The molecule has 2 atom stereocenters. The van der Waals surface area contributed by atoms with E-state index >= 15 is 0 Å². The smallest absolute Gasteiger partial charge is 0.237 e. The van der Waals surface area contributed by atoms with Crippen LogP contribution in [-0.2, 0) is 24.8 Å². The molecule has 2 aromatic rings. The first-order valence-electron chi connectivity index (χ1n) is 9.11. The molecule has 146 valence electrons. The predicted octanol–water partition coefficient (Wildman–Crippen LogP) is 1.68. The molecule has 2 amide bonds. The summed E-state index contributed by atoms with van der Waals surface area (Å²) in [5.74, 6) is -0.618. The Balaban J connectivity index is 1.79. The van der Waals surface area contributed by atoms with Gasteiger partial charge in [-0.2, -0.15) is 0 Å². The normalized spacial score (nSPS) is 23.7. The van der Waals surface area contributed by atoms with Gasteiger partial charge < -0.3 is 10.2 Å². The van der Waals surface area contributed by atoms with Gasteiger partial charge in [0.2, 0.25) is 11.8 Å². The molecular formula is C20H21N3O4S. The summed E-state index contributed by atoms with van der Waals surface area (Å²) in [6.45, 7) is 0.379. The molecule has 2 aliphatic heterocycles. The SMILES string of the molecule is CS(=O)(=O)CCC(=O)N1CCC2(C(=O)Nc3ccccc32)C1c1cccnc1. The summed E-state index contributed by atoms with van der Waals surface area (Å²) in [4.78, 5) is 31.9. The lowest BCUT2D eigenvalue weighted by Crippen LogP contribution is -2.43. The molecule has 1 N–H and O–H groups in total. The zero-order valence-electron chi connectivity index (χ0n) is 15.5. The van der Waals surface area contributed by atoms with Gasteiger partial charge in [0.25, 0.3) is 0 Å². The largest absolute Gasteiger partial charge is 0.334 e. The van der Waals surface area contributed by atoms with Crippen LogP contribution in [0.5, 0.6) is 0 Å². The summed E-state index contributed by atoms with van der Waals surface area (Å²) < 4.78 is 23.0. The second-order valence-electron chi connectivity index (χ2n) is 7.38. The fourth-order valence-corrected chi connectivity index (χ4v) is 4.92. The second-order valence-corrected chi connectivity index (χ2v) is 9.64. The average molecular weight is 399 g/mol. The highest BCUT2D eigenvalue weighted by atomic mass is 32.2. The highest BCUT2D eigenvalue weighted by Crippen LogP contribution is 2.54. The van der Waals surface area contributed by atoms with E-state index in [9.17, 15) is 18.0 Å². The number of anilines is 1. The van der Waals surface area contributed by atoms with E-state index in [2.05, 4.69) is 10.3 Å². The summed E-state index contributed by atoms with van der Waals surface area (Å²) in [6.07, 6.45) is 4.80. The molecule has 7 nitrogen and oxygen atoms in total. The van der Waals surface area contributed by atoms with Gasteiger partial charge in [0, 0.05) is 37.3 Å². The van der Waals surface area contributed by atoms with Crippen molar-refractivity contribution in [2.45, 2.75) is 24.3 Å². The minimum Gasteiger partial charge on any atom is -0.334 e. The Morgan fingerprint density at radius 2 is 2.07 bits per heavy atom. The highest BCUT2D eigenvalue weighted by molar-refractivity contribution is 7.90. The van der Waals surface area contributed by atoms with Gasteiger partial charge in [0.05, 0.1) is 11.8 Å². The van der Waals surface area contributed by atoms with E-state index in [1.54, 1.807) is 23.4 Å². The van der Waals surface area contributed by atoms with Crippen LogP contribution in [0, 0.1) is 0 Å². The minimum atomic E-state index is -3.26. The van der Waals surface area contributed by atoms with Crippen LogP contribution in [0.25, 0.3) is 0 Å². The molecule has 28 heavy (non-hydrogen) atoms. The van der Waals surface area contributed by atoms with E-state index in [1.165, 1.54) is 0 Å². The number of hydrogen-bond acceptors (Lipinski definition) is 5. The number of carbonyl (C=O) groups excluding carboxylic acids is 2. The molecule has 0 bridgehead atoms. The molecule has 4 rings (SSSR count). The van der Waals surface area contributed by atoms with Gasteiger partial charge in [-0.25, -0.2) is 8.42 Å². The number of amides is 2. The summed E-state index contributed by atoms with van der Waals surface area (Å²) in [5, 5.41) is 2.95. The Morgan fingerprint density at radius 3 is 2.79 bits per heavy atom. The molecule has 0 radical (unpaired) electrons. The third kappa shape index (κ3) is 2.97. The van der Waals surface area contributed by atoms with Crippen molar-refractivity contribution in [1.29, 1.82) is 0 Å². The molecular weight excluding hydrogens is 378 g/mol.